The fraction of sp³-hybridized carbons (Fsp3) is 0.615. The maximum Gasteiger partial charge on any atom is 0.128 e. The molecular weight excluding hydrogens is 184 g/mol. The lowest BCUT2D eigenvalue weighted by Gasteiger charge is -2.38. The summed E-state index contributed by atoms with van der Waals surface area (Å²) in [5.41, 5.74) is 1.51. The second-order valence-electron chi connectivity index (χ2n) is 5.67. The lowest BCUT2D eigenvalue weighted by Crippen LogP contribution is -2.45. The first-order valence-electron chi connectivity index (χ1n) is 5.68. The lowest BCUT2D eigenvalue weighted by atomic mass is 9.88. The highest BCUT2D eigenvalue weighted by atomic mass is 15.2. The van der Waals surface area contributed by atoms with E-state index in [0.29, 0.717) is 0 Å². The highest BCUT2D eigenvalue weighted by molar-refractivity contribution is 5.43. The Hall–Kier alpha value is -1.05. The Morgan fingerprint density at radius 1 is 1.27 bits per heavy atom. The zero-order valence-electron chi connectivity index (χ0n) is 10.1. The number of anilines is 1. The van der Waals surface area contributed by atoms with Gasteiger partial charge in [-0.25, -0.2) is 4.98 Å². The monoisotopic (exact) mass is 204 g/mol. The number of rotatable bonds is 1. The normalized spacial score (nSPS) is 17.7. The molecule has 2 rings (SSSR count). The second-order valence-corrected chi connectivity index (χ2v) is 5.67. The first-order chi connectivity index (χ1) is 6.97. The minimum atomic E-state index is 0.202. The van der Waals surface area contributed by atoms with Crippen LogP contribution < -0.4 is 4.90 Å². The van der Waals surface area contributed by atoms with Gasteiger partial charge in [0.25, 0.3) is 0 Å². The third-order valence-electron chi connectivity index (χ3n) is 3.00. The van der Waals surface area contributed by atoms with E-state index in [1.807, 2.05) is 6.20 Å². The van der Waals surface area contributed by atoms with Gasteiger partial charge >= 0.3 is 0 Å². The number of hydrogen-bond donors (Lipinski definition) is 0. The number of pyridine rings is 1. The van der Waals surface area contributed by atoms with E-state index in [-0.39, 0.29) is 5.41 Å². The van der Waals surface area contributed by atoms with Crippen LogP contribution in [0, 0.1) is 5.92 Å². The van der Waals surface area contributed by atoms with Gasteiger partial charge in [0.2, 0.25) is 0 Å². The van der Waals surface area contributed by atoms with Crippen LogP contribution >= 0.6 is 0 Å². The zero-order valence-corrected chi connectivity index (χ0v) is 10.1. The topological polar surface area (TPSA) is 16.1 Å². The molecule has 0 unspecified atom stereocenters. The van der Waals surface area contributed by atoms with Crippen molar-refractivity contribution in [3.05, 3.63) is 23.9 Å². The van der Waals surface area contributed by atoms with Gasteiger partial charge in [-0.3, -0.25) is 0 Å². The molecule has 82 valence electrons. The molecule has 1 aliphatic rings. The van der Waals surface area contributed by atoms with Gasteiger partial charge in [-0.15, -0.1) is 0 Å². The summed E-state index contributed by atoms with van der Waals surface area (Å²) in [7, 11) is 0. The van der Waals surface area contributed by atoms with Crippen LogP contribution in [-0.2, 0) is 5.41 Å². The third kappa shape index (κ3) is 2.14. The molecule has 0 spiro atoms. The van der Waals surface area contributed by atoms with E-state index in [2.05, 4.69) is 49.7 Å². The van der Waals surface area contributed by atoms with Crippen LogP contribution in [0.4, 0.5) is 5.82 Å². The average molecular weight is 204 g/mol. The second kappa shape index (κ2) is 3.51. The molecule has 1 fully saturated rings. The van der Waals surface area contributed by atoms with Crippen molar-refractivity contribution in [2.24, 2.45) is 5.92 Å². The summed E-state index contributed by atoms with van der Waals surface area (Å²) in [5.74, 6) is 1.95. The molecule has 1 aromatic rings. The summed E-state index contributed by atoms with van der Waals surface area (Å²) < 4.78 is 0. The molecule has 2 heterocycles. The summed E-state index contributed by atoms with van der Waals surface area (Å²) in [6.07, 6.45) is 2.01. The molecule has 1 aliphatic heterocycles. The minimum Gasteiger partial charge on any atom is -0.356 e. The zero-order chi connectivity index (χ0) is 11.1. The first kappa shape index (κ1) is 10.5. The quantitative estimate of drug-likeness (QED) is 0.699. The van der Waals surface area contributed by atoms with Crippen LogP contribution in [0.5, 0.6) is 0 Å². The maximum absolute atomic E-state index is 4.53. The van der Waals surface area contributed by atoms with E-state index >= 15 is 0 Å². The Labute approximate surface area is 92.3 Å². The van der Waals surface area contributed by atoms with Crippen molar-refractivity contribution in [3.8, 4) is 0 Å². The molecule has 0 bridgehead atoms. The van der Waals surface area contributed by atoms with Crippen molar-refractivity contribution in [3.63, 3.8) is 0 Å². The molecule has 1 aromatic heterocycles. The van der Waals surface area contributed by atoms with Gasteiger partial charge in [0.1, 0.15) is 5.82 Å². The highest BCUT2D eigenvalue weighted by Crippen LogP contribution is 2.26. The Morgan fingerprint density at radius 3 is 2.33 bits per heavy atom. The predicted molar refractivity (Wildman–Crippen MR) is 64.3 cm³/mol. The molecule has 0 N–H and O–H groups in total. The molecule has 15 heavy (non-hydrogen) atoms. The summed E-state index contributed by atoms with van der Waals surface area (Å²) >= 11 is 0. The summed E-state index contributed by atoms with van der Waals surface area (Å²) in [6.45, 7) is 11.2. The van der Waals surface area contributed by atoms with Crippen LogP contribution in [0.3, 0.4) is 0 Å². The molecule has 0 atom stereocenters. The van der Waals surface area contributed by atoms with E-state index in [1.165, 1.54) is 5.56 Å². The Balaban J connectivity index is 2.11. The molecule has 0 aliphatic carbocycles. The van der Waals surface area contributed by atoms with Crippen LogP contribution in [0.15, 0.2) is 18.3 Å². The summed E-state index contributed by atoms with van der Waals surface area (Å²) in [4.78, 5) is 6.86. The summed E-state index contributed by atoms with van der Waals surface area (Å²) in [5, 5.41) is 0. The van der Waals surface area contributed by atoms with Crippen molar-refractivity contribution in [2.45, 2.75) is 33.1 Å². The van der Waals surface area contributed by atoms with Gasteiger partial charge in [0.15, 0.2) is 0 Å². The number of hydrogen-bond acceptors (Lipinski definition) is 2. The Bertz CT molecular complexity index is 329. The average Bonchev–Trinajstić information content (AvgIpc) is 2.12. The van der Waals surface area contributed by atoms with E-state index < -0.39 is 0 Å². The van der Waals surface area contributed by atoms with Gasteiger partial charge in [-0.05, 0) is 23.0 Å². The van der Waals surface area contributed by atoms with Crippen molar-refractivity contribution >= 4 is 5.82 Å². The SMILES string of the molecule is CC1CN(c2ccc(C(C)(C)C)cn2)C1. The van der Waals surface area contributed by atoms with Crippen molar-refractivity contribution in [1.82, 2.24) is 4.98 Å². The van der Waals surface area contributed by atoms with Gasteiger partial charge in [-0.2, -0.15) is 0 Å². The largest absolute Gasteiger partial charge is 0.356 e. The predicted octanol–water partition coefficient (Wildman–Crippen LogP) is 2.84. The van der Waals surface area contributed by atoms with Crippen LogP contribution in [-0.4, -0.2) is 18.1 Å². The van der Waals surface area contributed by atoms with E-state index in [1.54, 1.807) is 0 Å². The van der Waals surface area contributed by atoms with Crippen LogP contribution in [0.2, 0.25) is 0 Å². The molecule has 1 saturated heterocycles. The van der Waals surface area contributed by atoms with E-state index in [0.717, 1.165) is 24.8 Å². The molecule has 0 amide bonds. The molecular formula is C13H20N2. The van der Waals surface area contributed by atoms with E-state index in [9.17, 15) is 0 Å². The smallest absolute Gasteiger partial charge is 0.128 e. The van der Waals surface area contributed by atoms with Crippen molar-refractivity contribution < 1.29 is 0 Å². The molecule has 2 nitrogen and oxygen atoms in total. The first-order valence-corrected chi connectivity index (χ1v) is 5.68. The number of aromatic nitrogens is 1. The van der Waals surface area contributed by atoms with Gasteiger partial charge < -0.3 is 4.90 Å². The standard InChI is InChI=1S/C13H20N2/c1-10-8-15(9-10)12-6-5-11(7-14-12)13(2,3)4/h5-7,10H,8-9H2,1-4H3. The number of nitrogens with zero attached hydrogens (tertiary/aromatic N) is 2. The van der Waals surface area contributed by atoms with Gasteiger partial charge in [0.05, 0.1) is 0 Å². The fourth-order valence-corrected chi connectivity index (χ4v) is 1.90. The third-order valence-corrected chi connectivity index (χ3v) is 3.00. The molecule has 2 heteroatoms. The van der Waals surface area contributed by atoms with Crippen LogP contribution in [0.25, 0.3) is 0 Å². The highest BCUT2D eigenvalue weighted by Gasteiger charge is 2.23. The van der Waals surface area contributed by atoms with Crippen molar-refractivity contribution in [1.29, 1.82) is 0 Å². The lowest BCUT2D eigenvalue weighted by molar-refractivity contribution is 0.443. The van der Waals surface area contributed by atoms with Gasteiger partial charge in [0, 0.05) is 19.3 Å². The fourth-order valence-electron chi connectivity index (χ4n) is 1.90. The molecule has 0 saturated carbocycles. The molecule has 0 aromatic carbocycles. The van der Waals surface area contributed by atoms with Gasteiger partial charge in [-0.1, -0.05) is 33.8 Å². The van der Waals surface area contributed by atoms with Crippen LogP contribution in [0.1, 0.15) is 33.3 Å². The van der Waals surface area contributed by atoms with Crippen molar-refractivity contribution in [2.75, 3.05) is 18.0 Å². The maximum atomic E-state index is 4.53. The minimum absolute atomic E-state index is 0.202. The summed E-state index contributed by atoms with van der Waals surface area (Å²) in [6, 6.07) is 4.35. The Kier molecular flexibility index (Phi) is 2.45. The Morgan fingerprint density at radius 2 is 1.93 bits per heavy atom. The molecule has 0 radical (unpaired) electrons. The van der Waals surface area contributed by atoms with E-state index in [4.69, 9.17) is 0 Å².